The van der Waals surface area contributed by atoms with Crippen LogP contribution < -0.4 is 10.6 Å². The highest BCUT2D eigenvalue weighted by atomic mass is 32.1. The van der Waals surface area contributed by atoms with Crippen LogP contribution in [0.3, 0.4) is 0 Å². The molecule has 1 fully saturated rings. The summed E-state index contributed by atoms with van der Waals surface area (Å²) in [4.78, 5) is 8.39. The molecular weight excluding hydrogens is 256 g/mol. The van der Waals surface area contributed by atoms with Crippen LogP contribution >= 0.6 is 11.3 Å². The molecule has 2 heterocycles. The molecule has 0 amide bonds. The van der Waals surface area contributed by atoms with E-state index in [0.717, 1.165) is 29.7 Å². The number of anilines is 1. The van der Waals surface area contributed by atoms with Crippen LogP contribution in [0, 0.1) is 5.92 Å². The molecule has 0 aliphatic heterocycles. The average molecular weight is 278 g/mol. The van der Waals surface area contributed by atoms with Crippen molar-refractivity contribution in [3.05, 3.63) is 17.3 Å². The summed E-state index contributed by atoms with van der Waals surface area (Å²) in [6, 6.07) is 0.488. The van der Waals surface area contributed by atoms with E-state index in [1.54, 1.807) is 11.3 Å². The molecule has 0 spiro atoms. The largest absolute Gasteiger partial charge is 0.352 e. The normalized spacial score (nSPS) is 15.6. The van der Waals surface area contributed by atoms with Gasteiger partial charge in [-0.3, -0.25) is 4.40 Å². The second kappa shape index (κ2) is 5.13. The summed E-state index contributed by atoms with van der Waals surface area (Å²) >= 11 is 1.70. The molecule has 2 aromatic heterocycles. The van der Waals surface area contributed by atoms with Crippen LogP contribution in [0.25, 0.3) is 4.96 Å². The zero-order valence-electron chi connectivity index (χ0n) is 11.7. The third-order valence-electron chi connectivity index (χ3n) is 3.77. The number of rotatable bonds is 6. The molecule has 0 unspecified atom stereocenters. The average Bonchev–Trinajstić information content (AvgIpc) is 2.97. The Balaban J connectivity index is 1.99. The topological polar surface area (TPSA) is 46.6 Å². The molecule has 0 radical (unpaired) electrons. The van der Waals surface area contributed by atoms with E-state index in [1.165, 1.54) is 18.5 Å². The van der Waals surface area contributed by atoms with E-state index in [1.807, 2.05) is 0 Å². The lowest BCUT2D eigenvalue weighted by molar-refractivity contribution is 0.634. The Morgan fingerprint density at radius 2 is 2.32 bits per heavy atom. The maximum absolute atomic E-state index is 5.78. The smallest absolute Gasteiger partial charge is 0.195 e. The van der Waals surface area contributed by atoms with E-state index in [9.17, 15) is 0 Å². The van der Waals surface area contributed by atoms with Gasteiger partial charge in [-0.05, 0) is 39.2 Å². The van der Waals surface area contributed by atoms with Gasteiger partial charge >= 0.3 is 0 Å². The third-order valence-corrected chi connectivity index (χ3v) is 4.52. The highest BCUT2D eigenvalue weighted by molar-refractivity contribution is 7.15. The zero-order valence-corrected chi connectivity index (χ0v) is 12.5. The van der Waals surface area contributed by atoms with Gasteiger partial charge in [-0.15, -0.1) is 11.3 Å². The van der Waals surface area contributed by atoms with E-state index in [-0.39, 0.29) is 0 Å². The number of nitrogens with zero attached hydrogens (tertiary/aromatic N) is 3. The summed E-state index contributed by atoms with van der Waals surface area (Å²) in [5.74, 6) is 2.02. The Morgan fingerprint density at radius 3 is 2.95 bits per heavy atom. The van der Waals surface area contributed by atoms with Crippen LogP contribution in [0.15, 0.2) is 11.6 Å². The molecule has 0 atom stereocenters. The van der Waals surface area contributed by atoms with Gasteiger partial charge < -0.3 is 10.6 Å². The van der Waals surface area contributed by atoms with Gasteiger partial charge in [0.25, 0.3) is 0 Å². The van der Waals surface area contributed by atoms with Gasteiger partial charge in [0.15, 0.2) is 10.8 Å². The predicted molar refractivity (Wildman–Crippen MR) is 81.0 cm³/mol. The third kappa shape index (κ3) is 2.49. The van der Waals surface area contributed by atoms with Gasteiger partial charge in [0.2, 0.25) is 0 Å². The summed E-state index contributed by atoms with van der Waals surface area (Å²) in [5.41, 5.74) is 7.05. The molecule has 3 rings (SSSR count). The van der Waals surface area contributed by atoms with Gasteiger partial charge in [0.1, 0.15) is 0 Å². The second-order valence-corrected chi connectivity index (χ2v) is 6.54. The van der Waals surface area contributed by atoms with Crippen molar-refractivity contribution >= 4 is 22.1 Å². The van der Waals surface area contributed by atoms with Crippen LogP contribution in [0.2, 0.25) is 0 Å². The summed E-state index contributed by atoms with van der Waals surface area (Å²) in [6.07, 6.45) is 5.74. The molecule has 2 N–H and O–H groups in total. The van der Waals surface area contributed by atoms with E-state index >= 15 is 0 Å². The lowest BCUT2D eigenvalue weighted by atomic mass is 10.2. The molecule has 19 heavy (non-hydrogen) atoms. The molecule has 2 aromatic rings. The summed E-state index contributed by atoms with van der Waals surface area (Å²) < 4.78 is 2.20. The minimum atomic E-state index is 0.488. The Kier molecular flexibility index (Phi) is 3.50. The van der Waals surface area contributed by atoms with E-state index in [2.05, 4.69) is 34.7 Å². The van der Waals surface area contributed by atoms with Gasteiger partial charge in [-0.1, -0.05) is 0 Å². The monoisotopic (exact) mass is 278 g/mol. The molecule has 0 saturated heterocycles. The first kappa shape index (κ1) is 12.9. The zero-order chi connectivity index (χ0) is 13.4. The molecule has 0 bridgehead atoms. The van der Waals surface area contributed by atoms with E-state index < -0.39 is 0 Å². The Morgan fingerprint density at radius 1 is 1.53 bits per heavy atom. The van der Waals surface area contributed by atoms with Crippen molar-refractivity contribution in [3.63, 3.8) is 0 Å². The first-order chi connectivity index (χ1) is 9.20. The SMILES string of the molecule is CC(C)N(CC1CC1)c1nc2sccn2c1CCN. The number of hydrogen-bond donors (Lipinski definition) is 1. The summed E-state index contributed by atoms with van der Waals surface area (Å²) in [5, 5.41) is 2.09. The summed E-state index contributed by atoms with van der Waals surface area (Å²) in [6.45, 7) is 6.32. The summed E-state index contributed by atoms with van der Waals surface area (Å²) in [7, 11) is 0. The predicted octanol–water partition coefficient (Wildman–Crippen LogP) is 2.52. The highest BCUT2D eigenvalue weighted by Gasteiger charge is 2.28. The number of thiazole rings is 1. The van der Waals surface area contributed by atoms with Gasteiger partial charge in [0, 0.05) is 30.6 Å². The molecule has 1 aliphatic carbocycles. The molecule has 0 aromatic carbocycles. The second-order valence-electron chi connectivity index (χ2n) is 5.67. The number of imidazole rings is 1. The molecule has 104 valence electrons. The van der Waals surface area contributed by atoms with Crippen LogP contribution in [0.1, 0.15) is 32.4 Å². The van der Waals surface area contributed by atoms with Crippen LogP contribution in [-0.2, 0) is 6.42 Å². The van der Waals surface area contributed by atoms with Gasteiger partial charge in [0.05, 0.1) is 5.69 Å². The van der Waals surface area contributed by atoms with Gasteiger partial charge in [-0.25, -0.2) is 4.98 Å². The van der Waals surface area contributed by atoms with Crippen molar-refractivity contribution in [2.45, 2.75) is 39.2 Å². The van der Waals surface area contributed by atoms with E-state index in [4.69, 9.17) is 10.7 Å². The van der Waals surface area contributed by atoms with Crippen molar-refractivity contribution in [3.8, 4) is 0 Å². The fraction of sp³-hybridized carbons (Fsp3) is 0.643. The van der Waals surface area contributed by atoms with E-state index in [0.29, 0.717) is 12.6 Å². The maximum atomic E-state index is 5.78. The van der Waals surface area contributed by atoms with Crippen molar-refractivity contribution in [2.75, 3.05) is 18.0 Å². The van der Waals surface area contributed by atoms with Crippen LogP contribution in [-0.4, -0.2) is 28.5 Å². The maximum Gasteiger partial charge on any atom is 0.195 e. The Bertz CT molecular complexity index is 553. The standard InChI is InChI=1S/C14H22N4S/c1-10(2)18(9-11-3-4-11)13-12(5-6-15)17-7-8-19-14(17)16-13/h7-8,10-11H,3-6,9,15H2,1-2H3. The molecule has 4 nitrogen and oxygen atoms in total. The highest BCUT2D eigenvalue weighted by Crippen LogP contribution is 2.34. The minimum Gasteiger partial charge on any atom is -0.352 e. The van der Waals surface area contributed by atoms with Crippen molar-refractivity contribution < 1.29 is 0 Å². The molecule has 1 saturated carbocycles. The first-order valence-electron chi connectivity index (χ1n) is 7.12. The molecule has 1 aliphatic rings. The number of hydrogen-bond acceptors (Lipinski definition) is 4. The lowest BCUT2D eigenvalue weighted by Crippen LogP contribution is -2.34. The van der Waals surface area contributed by atoms with Crippen LogP contribution in [0.5, 0.6) is 0 Å². The number of fused-ring (bicyclic) bond motifs is 1. The van der Waals surface area contributed by atoms with Crippen molar-refractivity contribution in [1.29, 1.82) is 0 Å². The van der Waals surface area contributed by atoms with Crippen molar-refractivity contribution in [2.24, 2.45) is 11.7 Å². The van der Waals surface area contributed by atoms with Gasteiger partial charge in [-0.2, -0.15) is 0 Å². The van der Waals surface area contributed by atoms with Crippen molar-refractivity contribution in [1.82, 2.24) is 9.38 Å². The van der Waals surface area contributed by atoms with Crippen LogP contribution in [0.4, 0.5) is 5.82 Å². The fourth-order valence-electron chi connectivity index (χ4n) is 2.54. The Labute approximate surface area is 118 Å². The number of nitrogens with two attached hydrogens (primary N) is 1. The lowest BCUT2D eigenvalue weighted by Gasteiger charge is -2.28. The Hall–Kier alpha value is -1.07. The molecule has 5 heteroatoms. The minimum absolute atomic E-state index is 0.488. The first-order valence-corrected chi connectivity index (χ1v) is 7.99. The fourth-order valence-corrected chi connectivity index (χ4v) is 3.27. The molecular formula is C14H22N4S. The number of aromatic nitrogens is 2. The quantitative estimate of drug-likeness (QED) is 0.883.